The van der Waals surface area contributed by atoms with Crippen molar-refractivity contribution in [3.63, 3.8) is 0 Å². The molecule has 0 aliphatic heterocycles. The molecule has 29 heavy (non-hydrogen) atoms. The van der Waals surface area contributed by atoms with Crippen LogP contribution in [-0.4, -0.2) is 4.40 Å². The molecule has 0 fully saturated rings. The Balaban J connectivity index is 2.16. The SMILES string of the molecule is Cc1cc(C)c2c(c1)c1cc(C)c(C)c3c1n2c1cc(F)cc2cc[n+](C)c3c21. The predicted molar refractivity (Wildman–Crippen MR) is 119 cm³/mol. The third-order valence-electron chi connectivity index (χ3n) is 6.66. The Morgan fingerprint density at radius 1 is 0.828 bits per heavy atom. The smallest absolute Gasteiger partial charge is 0.224 e. The molecule has 3 aromatic heterocycles. The molecule has 0 bridgehead atoms. The summed E-state index contributed by atoms with van der Waals surface area (Å²) in [6.07, 6.45) is 2.04. The molecule has 0 saturated heterocycles. The van der Waals surface area contributed by atoms with Crippen molar-refractivity contribution < 1.29 is 8.96 Å². The van der Waals surface area contributed by atoms with Crippen molar-refractivity contribution in [3.05, 3.63) is 70.7 Å². The van der Waals surface area contributed by atoms with Gasteiger partial charge in [0.1, 0.15) is 12.9 Å². The lowest BCUT2D eigenvalue weighted by Gasteiger charge is -2.14. The molecule has 2 nitrogen and oxygen atoms in total. The van der Waals surface area contributed by atoms with Crippen LogP contribution in [0.3, 0.4) is 0 Å². The fourth-order valence-electron chi connectivity index (χ4n) is 5.37. The molecule has 0 N–H and O–H groups in total. The fraction of sp³-hybridized carbons (Fsp3) is 0.192. The maximum atomic E-state index is 14.7. The third kappa shape index (κ3) is 1.93. The number of nitrogens with zero attached hydrogens (tertiary/aromatic N) is 2. The quantitative estimate of drug-likeness (QED) is 0.168. The van der Waals surface area contributed by atoms with E-state index >= 15 is 0 Å². The lowest BCUT2D eigenvalue weighted by atomic mass is 9.96. The largest absolute Gasteiger partial charge is 0.307 e. The molecule has 0 unspecified atom stereocenters. The second-order valence-electron chi connectivity index (χ2n) is 8.57. The molecule has 3 heteroatoms. The topological polar surface area (TPSA) is 8.29 Å². The number of benzene rings is 3. The van der Waals surface area contributed by atoms with E-state index < -0.39 is 0 Å². The van der Waals surface area contributed by atoms with Crippen molar-refractivity contribution in [2.45, 2.75) is 27.7 Å². The highest BCUT2D eigenvalue weighted by Crippen LogP contribution is 2.42. The van der Waals surface area contributed by atoms with Gasteiger partial charge in [0, 0.05) is 16.8 Å². The van der Waals surface area contributed by atoms with Gasteiger partial charge in [0.25, 0.3) is 0 Å². The first-order valence-electron chi connectivity index (χ1n) is 10.0. The van der Waals surface area contributed by atoms with Crippen LogP contribution >= 0.6 is 0 Å². The first-order chi connectivity index (χ1) is 13.9. The Hall–Kier alpha value is -3.20. The van der Waals surface area contributed by atoms with E-state index in [1.165, 1.54) is 55.0 Å². The number of hydrogen-bond acceptors (Lipinski definition) is 0. The molecule has 0 radical (unpaired) electrons. The molecule has 0 spiro atoms. The van der Waals surface area contributed by atoms with Gasteiger partial charge in [-0.2, -0.15) is 0 Å². The van der Waals surface area contributed by atoms with Crippen LogP contribution < -0.4 is 4.57 Å². The zero-order valence-corrected chi connectivity index (χ0v) is 17.3. The molecule has 0 aliphatic carbocycles. The van der Waals surface area contributed by atoms with E-state index in [0.29, 0.717) is 0 Å². The van der Waals surface area contributed by atoms with Crippen LogP contribution in [0.25, 0.3) is 49.0 Å². The van der Waals surface area contributed by atoms with Gasteiger partial charge in [-0.3, -0.25) is 0 Å². The van der Waals surface area contributed by atoms with E-state index in [2.05, 4.69) is 61.9 Å². The van der Waals surface area contributed by atoms with Crippen LogP contribution in [0.15, 0.2) is 42.6 Å². The van der Waals surface area contributed by atoms with Gasteiger partial charge in [-0.1, -0.05) is 11.6 Å². The van der Waals surface area contributed by atoms with Gasteiger partial charge in [-0.25, -0.2) is 8.96 Å². The highest BCUT2D eigenvalue weighted by atomic mass is 19.1. The zero-order chi connectivity index (χ0) is 20.2. The van der Waals surface area contributed by atoms with E-state index in [0.717, 1.165) is 16.3 Å². The summed E-state index contributed by atoms with van der Waals surface area (Å²) in [5.41, 5.74) is 9.53. The fourth-order valence-corrected chi connectivity index (χ4v) is 5.37. The standard InChI is InChI=1S/C26H22FN2/c1-13-8-15(3)24-19(9-13)20-10-14(2)16(4)22-25(20)29(24)21-12-18(27)11-17-6-7-28(5)26(22)23(17)21/h6-12H,1-5H3/q+1. The van der Waals surface area contributed by atoms with E-state index in [9.17, 15) is 4.39 Å². The Bertz CT molecular complexity index is 1650. The minimum absolute atomic E-state index is 0.195. The Morgan fingerprint density at radius 3 is 2.38 bits per heavy atom. The first kappa shape index (κ1) is 16.7. The lowest BCUT2D eigenvalue weighted by molar-refractivity contribution is -0.643. The van der Waals surface area contributed by atoms with E-state index in [1.807, 2.05) is 12.3 Å². The van der Waals surface area contributed by atoms with Crippen molar-refractivity contribution >= 4 is 49.0 Å². The minimum Gasteiger partial charge on any atom is -0.307 e. The van der Waals surface area contributed by atoms with Gasteiger partial charge in [0.2, 0.25) is 5.52 Å². The van der Waals surface area contributed by atoms with Crippen molar-refractivity contribution in [3.8, 4) is 0 Å². The number of hydrogen-bond donors (Lipinski definition) is 0. The number of fused-ring (bicyclic) bond motifs is 5. The van der Waals surface area contributed by atoms with E-state index in [-0.39, 0.29) is 5.82 Å². The monoisotopic (exact) mass is 381 g/mol. The summed E-state index contributed by atoms with van der Waals surface area (Å²) >= 11 is 0. The summed E-state index contributed by atoms with van der Waals surface area (Å²) in [4.78, 5) is 0. The normalized spacial score (nSPS) is 12.5. The van der Waals surface area contributed by atoms with Crippen molar-refractivity contribution in [1.82, 2.24) is 4.40 Å². The highest BCUT2D eigenvalue weighted by molar-refractivity contribution is 6.26. The van der Waals surface area contributed by atoms with Gasteiger partial charge in [-0.15, -0.1) is 0 Å². The van der Waals surface area contributed by atoms with Crippen molar-refractivity contribution in [1.29, 1.82) is 0 Å². The van der Waals surface area contributed by atoms with Crippen LogP contribution in [0.2, 0.25) is 0 Å². The molecule has 6 rings (SSSR count). The number of pyridine rings is 2. The van der Waals surface area contributed by atoms with Gasteiger partial charge >= 0.3 is 0 Å². The average molecular weight is 381 g/mol. The molecule has 0 saturated carbocycles. The van der Waals surface area contributed by atoms with Crippen LogP contribution in [0.4, 0.5) is 4.39 Å². The number of halogens is 1. The van der Waals surface area contributed by atoms with Gasteiger partial charge in [-0.05, 0) is 74.0 Å². The highest BCUT2D eigenvalue weighted by Gasteiger charge is 2.25. The summed E-state index contributed by atoms with van der Waals surface area (Å²) in [5, 5.41) is 5.82. The van der Waals surface area contributed by atoms with Crippen molar-refractivity contribution in [2.75, 3.05) is 0 Å². The molecule has 6 aromatic rings. The van der Waals surface area contributed by atoms with E-state index in [1.54, 1.807) is 12.1 Å². The second-order valence-corrected chi connectivity index (χ2v) is 8.57. The maximum absolute atomic E-state index is 14.7. The number of aromatic nitrogens is 2. The molecule has 0 amide bonds. The van der Waals surface area contributed by atoms with Gasteiger partial charge in [0.05, 0.1) is 27.3 Å². The average Bonchev–Trinajstić information content (AvgIpc) is 2.98. The lowest BCUT2D eigenvalue weighted by Crippen LogP contribution is -2.29. The third-order valence-corrected chi connectivity index (χ3v) is 6.66. The summed E-state index contributed by atoms with van der Waals surface area (Å²) < 4.78 is 19.2. The molecular formula is C26H22FN2+. The minimum atomic E-state index is -0.195. The van der Waals surface area contributed by atoms with Crippen LogP contribution in [0.1, 0.15) is 22.3 Å². The molecule has 3 aromatic carbocycles. The number of aryl methyl sites for hydroxylation is 5. The predicted octanol–water partition coefficient (Wildman–Crippen LogP) is 6.19. The van der Waals surface area contributed by atoms with Crippen molar-refractivity contribution in [2.24, 2.45) is 7.05 Å². The second kappa shape index (κ2) is 5.24. The van der Waals surface area contributed by atoms with Gasteiger partial charge in [0.15, 0.2) is 6.20 Å². The van der Waals surface area contributed by atoms with E-state index in [4.69, 9.17) is 0 Å². The van der Waals surface area contributed by atoms with Gasteiger partial charge < -0.3 is 4.40 Å². The molecular weight excluding hydrogens is 359 g/mol. The van der Waals surface area contributed by atoms with Crippen LogP contribution in [0.5, 0.6) is 0 Å². The Kier molecular flexibility index (Phi) is 3.02. The molecule has 3 heterocycles. The molecule has 0 aliphatic rings. The summed E-state index contributed by atoms with van der Waals surface area (Å²) in [7, 11) is 2.09. The maximum Gasteiger partial charge on any atom is 0.224 e. The summed E-state index contributed by atoms with van der Waals surface area (Å²) in [6.45, 7) is 8.70. The zero-order valence-electron chi connectivity index (χ0n) is 17.3. The van der Waals surface area contributed by atoms with Crippen LogP contribution in [-0.2, 0) is 7.05 Å². The molecule has 142 valence electrons. The summed E-state index contributed by atoms with van der Waals surface area (Å²) in [5.74, 6) is -0.195. The first-order valence-corrected chi connectivity index (χ1v) is 10.0. The Morgan fingerprint density at radius 2 is 1.59 bits per heavy atom. The molecule has 0 atom stereocenters. The Labute approximate surface area is 168 Å². The van der Waals surface area contributed by atoms with Crippen LogP contribution in [0, 0.1) is 33.5 Å². The number of rotatable bonds is 0. The summed E-state index contributed by atoms with van der Waals surface area (Å²) in [6, 6.07) is 12.2.